The van der Waals surface area contributed by atoms with Crippen molar-refractivity contribution in [2.45, 2.75) is 118 Å². The van der Waals surface area contributed by atoms with Gasteiger partial charge in [-0.15, -0.1) is 0 Å². The van der Waals surface area contributed by atoms with E-state index in [-0.39, 0.29) is 6.10 Å². The van der Waals surface area contributed by atoms with Crippen molar-refractivity contribution < 1.29 is 5.11 Å². The number of rotatable bonds is 5. The summed E-state index contributed by atoms with van der Waals surface area (Å²) in [6, 6.07) is 0. The van der Waals surface area contributed by atoms with Gasteiger partial charge in [0.2, 0.25) is 0 Å². The maximum atomic E-state index is 10.3. The van der Waals surface area contributed by atoms with Gasteiger partial charge in [-0.05, 0) is 110 Å². The first-order chi connectivity index (χ1) is 13.3. The molecule has 1 heteroatoms. The summed E-state index contributed by atoms with van der Waals surface area (Å²) in [5, 5.41) is 10.3. The maximum Gasteiger partial charge on any atom is 0.0543 e. The van der Waals surface area contributed by atoms with Gasteiger partial charge in [0.1, 0.15) is 0 Å². The maximum absolute atomic E-state index is 10.3. The van der Waals surface area contributed by atoms with Crippen LogP contribution in [0.4, 0.5) is 0 Å². The van der Waals surface area contributed by atoms with Crippen molar-refractivity contribution >= 4 is 0 Å². The Morgan fingerprint density at radius 1 is 0.821 bits per heavy atom. The summed E-state index contributed by atoms with van der Waals surface area (Å²) < 4.78 is 0. The molecule has 4 rings (SSSR count). The fraction of sp³-hybridized carbons (Fsp3) is 1.00. The highest BCUT2D eigenvalue weighted by Crippen LogP contribution is 2.68. The minimum Gasteiger partial charge on any atom is -0.393 e. The van der Waals surface area contributed by atoms with E-state index in [1.807, 2.05) is 0 Å². The predicted molar refractivity (Wildman–Crippen MR) is 119 cm³/mol. The summed E-state index contributed by atoms with van der Waals surface area (Å²) in [6.07, 6.45) is 16.6. The molecule has 9 atom stereocenters. The topological polar surface area (TPSA) is 20.2 Å². The Balaban J connectivity index is 1.46. The van der Waals surface area contributed by atoms with Gasteiger partial charge in [0.25, 0.3) is 0 Å². The van der Waals surface area contributed by atoms with E-state index in [2.05, 4.69) is 34.6 Å². The lowest BCUT2D eigenvalue weighted by atomic mass is 9.44. The van der Waals surface area contributed by atoms with Gasteiger partial charge in [0.15, 0.2) is 0 Å². The molecular weight excluding hydrogens is 340 g/mol. The molecule has 0 aromatic carbocycles. The van der Waals surface area contributed by atoms with Crippen molar-refractivity contribution in [2.24, 2.45) is 52.3 Å². The molecule has 28 heavy (non-hydrogen) atoms. The van der Waals surface area contributed by atoms with Crippen LogP contribution in [0.25, 0.3) is 0 Å². The van der Waals surface area contributed by atoms with Gasteiger partial charge in [0.05, 0.1) is 6.10 Å². The Labute approximate surface area is 175 Å². The van der Waals surface area contributed by atoms with Gasteiger partial charge >= 0.3 is 0 Å². The zero-order chi connectivity index (χ0) is 20.1. The lowest BCUT2D eigenvalue weighted by Gasteiger charge is -2.61. The third-order valence-electron chi connectivity index (χ3n) is 10.8. The van der Waals surface area contributed by atoms with Crippen molar-refractivity contribution in [3.63, 3.8) is 0 Å². The number of fused-ring (bicyclic) bond motifs is 5. The molecule has 0 aromatic rings. The van der Waals surface area contributed by atoms with Crippen molar-refractivity contribution in [1.29, 1.82) is 0 Å². The van der Waals surface area contributed by atoms with E-state index >= 15 is 0 Å². The largest absolute Gasteiger partial charge is 0.393 e. The molecule has 0 spiro atoms. The summed E-state index contributed by atoms with van der Waals surface area (Å²) in [6.45, 7) is 12.7. The van der Waals surface area contributed by atoms with Crippen LogP contribution in [0.2, 0.25) is 0 Å². The summed E-state index contributed by atoms with van der Waals surface area (Å²) in [7, 11) is 0. The van der Waals surface area contributed by atoms with Crippen molar-refractivity contribution in [1.82, 2.24) is 0 Å². The number of hydrogen-bond donors (Lipinski definition) is 1. The van der Waals surface area contributed by atoms with Gasteiger partial charge in [0, 0.05) is 0 Å². The highest BCUT2D eigenvalue weighted by atomic mass is 16.3. The monoisotopic (exact) mass is 388 g/mol. The number of aliphatic hydroxyl groups is 1. The van der Waals surface area contributed by atoms with Crippen molar-refractivity contribution in [3.05, 3.63) is 0 Å². The van der Waals surface area contributed by atoms with Crippen LogP contribution in [0.15, 0.2) is 0 Å². The number of hydrogen-bond acceptors (Lipinski definition) is 1. The second kappa shape index (κ2) is 7.90. The van der Waals surface area contributed by atoms with E-state index in [4.69, 9.17) is 0 Å². The Bertz CT molecular complexity index is 540. The van der Waals surface area contributed by atoms with Gasteiger partial charge < -0.3 is 5.11 Å². The Kier molecular flexibility index (Phi) is 5.98. The zero-order valence-electron chi connectivity index (χ0n) is 19.6. The molecule has 0 unspecified atom stereocenters. The minimum absolute atomic E-state index is 0.00830. The summed E-state index contributed by atoms with van der Waals surface area (Å²) in [5.74, 6) is 6.49. The van der Waals surface area contributed by atoms with Crippen molar-refractivity contribution in [3.8, 4) is 0 Å². The van der Waals surface area contributed by atoms with Crippen LogP contribution in [0.1, 0.15) is 112 Å². The molecule has 0 radical (unpaired) electrons. The fourth-order valence-corrected chi connectivity index (χ4v) is 9.26. The first-order valence-corrected chi connectivity index (χ1v) is 12.9. The van der Waals surface area contributed by atoms with Gasteiger partial charge in [-0.1, -0.05) is 53.9 Å². The number of aliphatic hydroxyl groups excluding tert-OH is 1. The van der Waals surface area contributed by atoms with Crippen LogP contribution < -0.4 is 0 Å². The third-order valence-corrected chi connectivity index (χ3v) is 10.8. The standard InChI is InChI=1S/C27H48O/c1-18(2)7-6-8-19(3)23-11-12-24-22-10-9-20-17-21(28)13-15-26(20,4)25(22)14-16-27(23,24)5/h18-25,28H,6-17H2,1-5H3/t19-,20+,21-,22+,23+,24+,25-,26+,27-/m1/s1. The van der Waals surface area contributed by atoms with E-state index in [1.165, 1.54) is 64.2 Å². The molecule has 0 bridgehead atoms. The zero-order valence-corrected chi connectivity index (χ0v) is 19.6. The second-order valence-electron chi connectivity index (χ2n) is 12.6. The van der Waals surface area contributed by atoms with Gasteiger partial charge in [-0.2, -0.15) is 0 Å². The van der Waals surface area contributed by atoms with E-state index in [9.17, 15) is 5.11 Å². The first-order valence-electron chi connectivity index (χ1n) is 12.9. The summed E-state index contributed by atoms with van der Waals surface area (Å²) in [5.41, 5.74) is 1.15. The summed E-state index contributed by atoms with van der Waals surface area (Å²) >= 11 is 0. The summed E-state index contributed by atoms with van der Waals surface area (Å²) in [4.78, 5) is 0. The van der Waals surface area contributed by atoms with Crippen LogP contribution in [-0.2, 0) is 0 Å². The van der Waals surface area contributed by atoms with Crippen LogP contribution in [0, 0.1) is 52.3 Å². The molecule has 4 saturated carbocycles. The van der Waals surface area contributed by atoms with Crippen LogP contribution in [0.5, 0.6) is 0 Å². The smallest absolute Gasteiger partial charge is 0.0543 e. The highest BCUT2D eigenvalue weighted by Gasteiger charge is 2.60. The van der Waals surface area contributed by atoms with E-state index in [0.717, 1.165) is 54.3 Å². The molecule has 1 N–H and O–H groups in total. The molecule has 0 aliphatic heterocycles. The molecule has 4 aliphatic rings. The molecular formula is C27H48O. The van der Waals surface area contributed by atoms with Crippen LogP contribution in [0.3, 0.4) is 0 Å². The average Bonchev–Trinajstić information content (AvgIpc) is 2.99. The van der Waals surface area contributed by atoms with Crippen LogP contribution in [-0.4, -0.2) is 11.2 Å². The average molecular weight is 389 g/mol. The quantitative estimate of drug-likeness (QED) is 0.518. The predicted octanol–water partition coefficient (Wildman–Crippen LogP) is 7.47. The SMILES string of the molecule is CC(C)CCC[C@@H](C)[C@@H]1CC[C@H]2[C@@H]3CC[C@H]4C[C@H](O)CC[C@]4(C)[C@@H]3CC[C@@]21C. The molecule has 4 aliphatic carbocycles. The van der Waals surface area contributed by atoms with Gasteiger partial charge in [-0.25, -0.2) is 0 Å². The fourth-order valence-electron chi connectivity index (χ4n) is 9.26. The molecule has 0 aromatic heterocycles. The first kappa shape index (κ1) is 21.2. The molecule has 0 heterocycles. The molecule has 0 saturated heterocycles. The molecule has 0 amide bonds. The van der Waals surface area contributed by atoms with Crippen molar-refractivity contribution in [2.75, 3.05) is 0 Å². The van der Waals surface area contributed by atoms with Gasteiger partial charge in [-0.3, -0.25) is 0 Å². The van der Waals surface area contributed by atoms with Crippen LogP contribution >= 0.6 is 0 Å². The molecule has 162 valence electrons. The lowest BCUT2D eigenvalue weighted by molar-refractivity contribution is -0.129. The minimum atomic E-state index is -0.00830. The Morgan fingerprint density at radius 3 is 2.29 bits per heavy atom. The Hall–Kier alpha value is -0.0400. The lowest BCUT2D eigenvalue weighted by Crippen LogP contribution is -2.54. The molecule has 1 nitrogen and oxygen atoms in total. The van der Waals surface area contributed by atoms with E-state index < -0.39 is 0 Å². The highest BCUT2D eigenvalue weighted by molar-refractivity contribution is 5.09. The third kappa shape index (κ3) is 3.50. The van der Waals surface area contributed by atoms with E-state index in [0.29, 0.717) is 10.8 Å². The Morgan fingerprint density at radius 2 is 1.54 bits per heavy atom. The normalized spacial score (nSPS) is 49.4. The molecule has 4 fully saturated rings. The second-order valence-corrected chi connectivity index (χ2v) is 12.6. The van der Waals surface area contributed by atoms with E-state index in [1.54, 1.807) is 0 Å².